The molecule has 140 valence electrons. The second-order valence-corrected chi connectivity index (χ2v) is 6.21. The van der Waals surface area contributed by atoms with Gasteiger partial charge in [-0.3, -0.25) is 9.78 Å². The number of ether oxygens (including phenoxy) is 1. The van der Waals surface area contributed by atoms with Gasteiger partial charge in [-0.2, -0.15) is 5.48 Å². The molecule has 1 atom stereocenters. The molecule has 2 aromatic carbocycles. The second-order valence-electron chi connectivity index (χ2n) is 6.21. The van der Waals surface area contributed by atoms with E-state index >= 15 is 0 Å². The molecule has 7 heteroatoms. The number of hydrogen-bond donors (Lipinski definition) is 1. The maximum atomic E-state index is 13.5. The van der Waals surface area contributed by atoms with E-state index in [-0.39, 0.29) is 24.9 Å². The molecule has 0 spiro atoms. The molecule has 0 saturated heterocycles. The molecule has 1 aliphatic heterocycles. The fourth-order valence-electron chi connectivity index (χ4n) is 3.22. The number of rotatable bonds is 5. The molecule has 0 fully saturated rings. The average molecular weight is 377 g/mol. The van der Waals surface area contributed by atoms with Gasteiger partial charge in [-0.25, -0.2) is 9.38 Å². The minimum absolute atomic E-state index is 0.0724. The second kappa shape index (κ2) is 7.48. The fraction of sp³-hybridized carbons (Fsp3) is 0.0952. The molecule has 1 N–H and O–H groups in total. The van der Waals surface area contributed by atoms with Crippen molar-refractivity contribution < 1.29 is 18.8 Å². The van der Waals surface area contributed by atoms with Crippen LogP contribution in [0.25, 0.3) is 11.1 Å². The highest BCUT2D eigenvalue weighted by Crippen LogP contribution is 2.39. The lowest BCUT2D eigenvalue weighted by molar-refractivity contribution is -0.132. The molecule has 3 aromatic rings. The molecule has 0 aliphatic carbocycles. The minimum Gasteiger partial charge on any atom is -0.460 e. The van der Waals surface area contributed by atoms with E-state index in [1.807, 2.05) is 36.4 Å². The molecular formula is C21H16FN3O3. The summed E-state index contributed by atoms with van der Waals surface area (Å²) in [6, 6.07) is 17.8. The summed E-state index contributed by atoms with van der Waals surface area (Å²) in [7, 11) is 0. The molecule has 1 unspecified atom stereocenters. The third kappa shape index (κ3) is 3.29. The van der Waals surface area contributed by atoms with Gasteiger partial charge < -0.3 is 9.57 Å². The van der Waals surface area contributed by atoms with E-state index in [1.165, 1.54) is 12.1 Å². The van der Waals surface area contributed by atoms with Crippen LogP contribution in [0.4, 0.5) is 4.39 Å². The number of pyridine rings is 1. The summed E-state index contributed by atoms with van der Waals surface area (Å²) < 4.78 is 19.1. The SMILES string of the molecule is O=CONC1=NC(c2ccc(F)cc2)(c2cccc(-c3cccnc3)c2)CO1. The molecule has 0 saturated carbocycles. The smallest absolute Gasteiger partial charge is 0.320 e. The summed E-state index contributed by atoms with van der Waals surface area (Å²) in [6.07, 6.45) is 3.50. The highest BCUT2D eigenvalue weighted by molar-refractivity contribution is 5.77. The van der Waals surface area contributed by atoms with Crippen molar-refractivity contribution in [2.45, 2.75) is 5.54 Å². The Balaban J connectivity index is 1.82. The number of aromatic nitrogens is 1. The van der Waals surface area contributed by atoms with E-state index in [4.69, 9.17) is 4.74 Å². The van der Waals surface area contributed by atoms with Crippen molar-refractivity contribution in [1.82, 2.24) is 10.5 Å². The zero-order valence-electron chi connectivity index (χ0n) is 14.7. The number of nitrogens with one attached hydrogen (secondary N) is 1. The lowest BCUT2D eigenvalue weighted by Crippen LogP contribution is -2.27. The Bertz CT molecular complexity index is 1010. The van der Waals surface area contributed by atoms with Gasteiger partial charge in [-0.05, 0) is 46.5 Å². The van der Waals surface area contributed by atoms with Crippen LogP contribution in [0, 0.1) is 5.82 Å². The van der Waals surface area contributed by atoms with Crippen LogP contribution in [0.1, 0.15) is 11.1 Å². The van der Waals surface area contributed by atoms with Gasteiger partial charge in [0.1, 0.15) is 12.4 Å². The number of amidine groups is 1. The van der Waals surface area contributed by atoms with Crippen LogP contribution in [-0.4, -0.2) is 24.1 Å². The van der Waals surface area contributed by atoms with Gasteiger partial charge in [0, 0.05) is 12.4 Å². The number of hydrogen-bond acceptors (Lipinski definition) is 6. The Hall–Kier alpha value is -3.74. The van der Waals surface area contributed by atoms with E-state index in [0.29, 0.717) is 0 Å². The predicted octanol–water partition coefficient (Wildman–Crippen LogP) is 3.20. The van der Waals surface area contributed by atoms with Gasteiger partial charge in [0.05, 0.1) is 0 Å². The van der Waals surface area contributed by atoms with Gasteiger partial charge >= 0.3 is 12.5 Å². The molecular weight excluding hydrogens is 361 g/mol. The lowest BCUT2D eigenvalue weighted by atomic mass is 9.83. The van der Waals surface area contributed by atoms with Crippen molar-refractivity contribution in [3.05, 3.63) is 90.0 Å². The monoisotopic (exact) mass is 377 g/mol. The number of carbonyl (C=O) groups is 1. The molecule has 0 amide bonds. The number of hydroxylamine groups is 1. The molecule has 0 bridgehead atoms. The first-order valence-electron chi connectivity index (χ1n) is 8.56. The molecule has 4 rings (SSSR count). The fourth-order valence-corrected chi connectivity index (χ4v) is 3.22. The van der Waals surface area contributed by atoms with Crippen LogP contribution in [0.2, 0.25) is 0 Å². The number of benzene rings is 2. The Morgan fingerprint density at radius 1 is 1.07 bits per heavy atom. The Kier molecular flexibility index (Phi) is 4.72. The van der Waals surface area contributed by atoms with Crippen molar-refractivity contribution in [3.63, 3.8) is 0 Å². The van der Waals surface area contributed by atoms with Crippen LogP contribution in [0.15, 0.2) is 78.0 Å². The number of carbonyl (C=O) groups excluding carboxylic acids is 1. The molecule has 6 nitrogen and oxygen atoms in total. The van der Waals surface area contributed by atoms with Crippen molar-refractivity contribution in [2.75, 3.05) is 6.61 Å². The molecule has 0 radical (unpaired) electrons. The largest absolute Gasteiger partial charge is 0.460 e. The summed E-state index contributed by atoms with van der Waals surface area (Å²) in [5.74, 6) is -0.339. The summed E-state index contributed by atoms with van der Waals surface area (Å²) in [5.41, 5.74) is 4.97. The number of halogens is 1. The molecule has 1 aliphatic rings. The standard InChI is InChI=1S/C21H16FN3O3/c22-19-8-6-17(7-9-19)21(13-27-20(24-21)25-28-14-26)18-5-1-3-15(11-18)16-4-2-10-23-12-16/h1-12,14H,13H2,(H,24,25). The molecule has 2 heterocycles. The zero-order chi connectivity index (χ0) is 19.4. The van der Waals surface area contributed by atoms with Crippen molar-refractivity contribution in [2.24, 2.45) is 4.99 Å². The van der Waals surface area contributed by atoms with Gasteiger partial charge in [0.15, 0.2) is 5.54 Å². The summed E-state index contributed by atoms with van der Waals surface area (Å²) in [5, 5.41) is 0. The quantitative estimate of drug-likeness (QED) is 0.546. The van der Waals surface area contributed by atoms with Gasteiger partial charge in [-0.15, -0.1) is 0 Å². The first-order chi connectivity index (χ1) is 13.7. The highest BCUT2D eigenvalue weighted by atomic mass is 19.1. The van der Waals surface area contributed by atoms with Crippen LogP contribution in [0.3, 0.4) is 0 Å². The predicted molar refractivity (Wildman–Crippen MR) is 101 cm³/mol. The van der Waals surface area contributed by atoms with Crippen molar-refractivity contribution in [1.29, 1.82) is 0 Å². The summed E-state index contributed by atoms with van der Waals surface area (Å²) in [4.78, 5) is 23.8. The Morgan fingerprint density at radius 3 is 2.64 bits per heavy atom. The van der Waals surface area contributed by atoms with Gasteiger partial charge in [0.25, 0.3) is 0 Å². The van der Waals surface area contributed by atoms with E-state index in [1.54, 1.807) is 24.5 Å². The summed E-state index contributed by atoms with van der Waals surface area (Å²) >= 11 is 0. The van der Waals surface area contributed by atoms with E-state index in [2.05, 4.69) is 20.3 Å². The van der Waals surface area contributed by atoms with E-state index < -0.39 is 5.54 Å². The molecule has 28 heavy (non-hydrogen) atoms. The number of aliphatic imine (C=N–C) groups is 1. The first kappa shape index (κ1) is 17.7. The third-order valence-electron chi connectivity index (χ3n) is 4.56. The van der Waals surface area contributed by atoms with Crippen molar-refractivity contribution in [3.8, 4) is 11.1 Å². The summed E-state index contributed by atoms with van der Waals surface area (Å²) in [6.45, 7) is 0.409. The normalized spacial score (nSPS) is 18.1. The Labute approximate surface area is 160 Å². The highest BCUT2D eigenvalue weighted by Gasteiger charge is 2.41. The van der Waals surface area contributed by atoms with Crippen molar-refractivity contribution >= 4 is 12.5 Å². The van der Waals surface area contributed by atoms with Crippen LogP contribution < -0.4 is 5.48 Å². The first-order valence-corrected chi connectivity index (χ1v) is 8.56. The number of nitrogens with zero attached hydrogens (tertiary/aromatic N) is 2. The van der Waals surface area contributed by atoms with Crippen LogP contribution in [0.5, 0.6) is 0 Å². The maximum Gasteiger partial charge on any atom is 0.320 e. The van der Waals surface area contributed by atoms with Crippen LogP contribution in [-0.2, 0) is 19.9 Å². The molecule has 1 aromatic heterocycles. The topological polar surface area (TPSA) is 72.8 Å². The lowest BCUT2D eigenvalue weighted by Gasteiger charge is -2.25. The zero-order valence-corrected chi connectivity index (χ0v) is 14.7. The van der Waals surface area contributed by atoms with Crippen LogP contribution >= 0.6 is 0 Å². The third-order valence-corrected chi connectivity index (χ3v) is 4.56. The Morgan fingerprint density at radius 2 is 1.89 bits per heavy atom. The van der Waals surface area contributed by atoms with E-state index in [0.717, 1.165) is 22.3 Å². The maximum absolute atomic E-state index is 13.5. The van der Waals surface area contributed by atoms with E-state index in [9.17, 15) is 9.18 Å². The van der Waals surface area contributed by atoms with Gasteiger partial charge in [0.2, 0.25) is 0 Å². The minimum atomic E-state index is -0.916. The van der Waals surface area contributed by atoms with Gasteiger partial charge in [-0.1, -0.05) is 36.4 Å². The average Bonchev–Trinajstić information content (AvgIpc) is 3.19.